The standard InChI is InChI=1S/C14H22N2O2/c1-11-13(2,8-9-18-11)16-12(17)14(10-15)6-4-3-5-7-14/h11H,3-9H2,1-2H3,(H,16,17). The highest BCUT2D eigenvalue weighted by Crippen LogP contribution is 2.37. The minimum absolute atomic E-state index is 0.0146. The molecule has 1 aliphatic carbocycles. The average Bonchev–Trinajstić information content (AvgIpc) is 2.70. The number of amides is 1. The molecule has 2 rings (SSSR count). The van der Waals surface area contributed by atoms with Crippen LogP contribution in [0.4, 0.5) is 0 Å². The smallest absolute Gasteiger partial charge is 0.240 e. The van der Waals surface area contributed by atoms with Crippen molar-refractivity contribution in [2.45, 2.75) is 64.0 Å². The molecule has 2 atom stereocenters. The molecule has 100 valence electrons. The quantitative estimate of drug-likeness (QED) is 0.816. The molecule has 0 aromatic carbocycles. The molecular weight excluding hydrogens is 228 g/mol. The number of nitriles is 1. The van der Waals surface area contributed by atoms with Crippen LogP contribution in [0, 0.1) is 16.7 Å². The molecule has 4 nitrogen and oxygen atoms in total. The van der Waals surface area contributed by atoms with Gasteiger partial charge in [-0.1, -0.05) is 19.3 Å². The molecule has 1 heterocycles. The summed E-state index contributed by atoms with van der Waals surface area (Å²) in [6.07, 6.45) is 5.31. The first kappa shape index (κ1) is 13.4. The molecule has 0 bridgehead atoms. The van der Waals surface area contributed by atoms with Gasteiger partial charge in [0.1, 0.15) is 5.41 Å². The number of nitrogens with zero attached hydrogens (tertiary/aromatic N) is 1. The highest BCUT2D eigenvalue weighted by Gasteiger charge is 2.45. The van der Waals surface area contributed by atoms with Gasteiger partial charge in [0.15, 0.2) is 0 Å². The zero-order valence-electron chi connectivity index (χ0n) is 11.3. The summed E-state index contributed by atoms with van der Waals surface area (Å²) in [5, 5.41) is 12.5. The molecule has 0 spiro atoms. The molecule has 0 radical (unpaired) electrons. The first-order valence-corrected chi connectivity index (χ1v) is 6.88. The maximum Gasteiger partial charge on any atom is 0.240 e. The van der Waals surface area contributed by atoms with E-state index in [0.717, 1.165) is 25.7 Å². The fraction of sp³-hybridized carbons (Fsp3) is 0.857. The Morgan fingerprint density at radius 1 is 1.33 bits per heavy atom. The van der Waals surface area contributed by atoms with Crippen molar-refractivity contribution in [3.8, 4) is 6.07 Å². The van der Waals surface area contributed by atoms with E-state index in [1.807, 2.05) is 13.8 Å². The van der Waals surface area contributed by atoms with E-state index in [1.54, 1.807) is 0 Å². The number of ether oxygens (including phenoxy) is 1. The molecule has 2 unspecified atom stereocenters. The summed E-state index contributed by atoms with van der Waals surface area (Å²) in [5.41, 5.74) is -1.12. The van der Waals surface area contributed by atoms with Gasteiger partial charge in [0.05, 0.1) is 17.7 Å². The van der Waals surface area contributed by atoms with Crippen LogP contribution in [-0.4, -0.2) is 24.2 Å². The fourth-order valence-electron chi connectivity index (χ4n) is 2.92. The van der Waals surface area contributed by atoms with Crippen molar-refractivity contribution < 1.29 is 9.53 Å². The SMILES string of the molecule is CC1OCCC1(C)NC(=O)C1(C#N)CCCCC1. The average molecular weight is 250 g/mol. The minimum atomic E-state index is -0.802. The molecule has 1 aliphatic heterocycles. The lowest BCUT2D eigenvalue weighted by molar-refractivity contribution is -0.132. The molecule has 0 aromatic rings. The van der Waals surface area contributed by atoms with Crippen molar-refractivity contribution in [2.24, 2.45) is 5.41 Å². The van der Waals surface area contributed by atoms with E-state index in [-0.39, 0.29) is 17.6 Å². The third-order valence-corrected chi connectivity index (χ3v) is 4.64. The third-order valence-electron chi connectivity index (χ3n) is 4.64. The summed E-state index contributed by atoms with van der Waals surface area (Å²) in [4.78, 5) is 12.5. The molecule has 1 N–H and O–H groups in total. The van der Waals surface area contributed by atoms with Crippen LogP contribution >= 0.6 is 0 Å². The van der Waals surface area contributed by atoms with Crippen LogP contribution in [0.15, 0.2) is 0 Å². The molecular formula is C14H22N2O2. The Hall–Kier alpha value is -1.08. The van der Waals surface area contributed by atoms with Crippen molar-refractivity contribution >= 4 is 5.91 Å². The number of carbonyl (C=O) groups excluding carboxylic acids is 1. The van der Waals surface area contributed by atoms with E-state index in [2.05, 4.69) is 11.4 Å². The topological polar surface area (TPSA) is 62.1 Å². The lowest BCUT2D eigenvalue weighted by Crippen LogP contribution is -2.55. The second-order valence-corrected chi connectivity index (χ2v) is 5.89. The molecule has 0 aromatic heterocycles. The van der Waals surface area contributed by atoms with Crippen molar-refractivity contribution in [1.82, 2.24) is 5.32 Å². The highest BCUT2D eigenvalue weighted by molar-refractivity contribution is 5.86. The summed E-state index contributed by atoms with van der Waals surface area (Å²) in [7, 11) is 0. The Labute approximate surface area is 109 Å². The summed E-state index contributed by atoms with van der Waals surface area (Å²) in [6.45, 7) is 4.67. The molecule has 2 fully saturated rings. The Morgan fingerprint density at radius 2 is 2.00 bits per heavy atom. The number of nitrogens with one attached hydrogen (secondary N) is 1. The van der Waals surface area contributed by atoms with E-state index in [1.165, 1.54) is 0 Å². The van der Waals surface area contributed by atoms with Gasteiger partial charge < -0.3 is 10.1 Å². The van der Waals surface area contributed by atoms with Crippen molar-refractivity contribution in [1.29, 1.82) is 5.26 Å². The van der Waals surface area contributed by atoms with Crippen LogP contribution in [0.1, 0.15) is 52.4 Å². The van der Waals surface area contributed by atoms with E-state index < -0.39 is 5.41 Å². The van der Waals surface area contributed by atoms with Gasteiger partial charge in [0.2, 0.25) is 5.91 Å². The number of hydrogen-bond acceptors (Lipinski definition) is 3. The second-order valence-electron chi connectivity index (χ2n) is 5.89. The molecule has 1 amide bonds. The van der Waals surface area contributed by atoms with Crippen LogP contribution in [-0.2, 0) is 9.53 Å². The van der Waals surface area contributed by atoms with E-state index in [4.69, 9.17) is 4.74 Å². The lowest BCUT2D eigenvalue weighted by atomic mass is 9.74. The molecule has 1 saturated carbocycles. The summed E-state index contributed by atoms with van der Waals surface area (Å²) in [6, 6.07) is 2.27. The Bertz CT molecular complexity index is 368. The van der Waals surface area contributed by atoms with Gasteiger partial charge in [0.25, 0.3) is 0 Å². The first-order valence-electron chi connectivity index (χ1n) is 6.88. The maximum absolute atomic E-state index is 12.5. The van der Waals surface area contributed by atoms with Gasteiger partial charge >= 0.3 is 0 Å². The van der Waals surface area contributed by atoms with Crippen molar-refractivity contribution in [3.63, 3.8) is 0 Å². The van der Waals surface area contributed by atoms with Crippen LogP contribution in [0.5, 0.6) is 0 Å². The van der Waals surface area contributed by atoms with E-state index in [0.29, 0.717) is 19.4 Å². The molecule has 1 saturated heterocycles. The second kappa shape index (κ2) is 4.89. The maximum atomic E-state index is 12.5. The lowest BCUT2D eigenvalue weighted by Gasteiger charge is -2.35. The predicted molar refractivity (Wildman–Crippen MR) is 67.7 cm³/mol. The Kier molecular flexibility index (Phi) is 3.63. The third kappa shape index (κ3) is 2.24. The largest absolute Gasteiger partial charge is 0.376 e. The van der Waals surface area contributed by atoms with Crippen LogP contribution in [0.25, 0.3) is 0 Å². The first-order chi connectivity index (χ1) is 8.52. The van der Waals surface area contributed by atoms with Crippen LogP contribution in [0.2, 0.25) is 0 Å². The van der Waals surface area contributed by atoms with Gasteiger partial charge in [-0.3, -0.25) is 4.79 Å². The van der Waals surface area contributed by atoms with Crippen molar-refractivity contribution in [2.75, 3.05) is 6.61 Å². The minimum Gasteiger partial charge on any atom is -0.376 e. The zero-order valence-corrected chi connectivity index (χ0v) is 11.3. The summed E-state index contributed by atoms with van der Waals surface area (Å²) in [5.74, 6) is -0.0930. The highest BCUT2D eigenvalue weighted by atomic mass is 16.5. The normalized spacial score (nSPS) is 34.8. The monoisotopic (exact) mass is 250 g/mol. The summed E-state index contributed by atoms with van der Waals surface area (Å²) < 4.78 is 5.53. The predicted octanol–water partition coefficient (Wildman–Crippen LogP) is 2.14. The summed E-state index contributed by atoms with van der Waals surface area (Å²) >= 11 is 0. The van der Waals surface area contributed by atoms with Crippen molar-refractivity contribution in [3.05, 3.63) is 0 Å². The van der Waals surface area contributed by atoms with E-state index in [9.17, 15) is 10.1 Å². The number of rotatable bonds is 2. The van der Waals surface area contributed by atoms with Gasteiger partial charge in [0, 0.05) is 6.61 Å². The molecule has 18 heavy (non-hydrogen) atoms. The van der Waals surface area contributed by atoms with Gasteiger partial charge in [-0.05, 0) is 33.1 Å². The zero-order chi connectivity index (χ0) is 13.2. The van der Waals surface area contributed by atoms with Gasteiger partial charge in [-0.2, -0.15) is 5.26 Å². The fourth-order valence-corrected chi connectivity index (χ4v) is 2.92. The number of carbonyl (C=O) groups is 1. The van der Waals surface area contributed by atoms with Gasteiger partial charge in [-0.25, -0.2) is 0 Å². The molecule has 4 heteroatoms. The Balaban J connectivity index is 2.09. The number of hydrogen-bond donors (Lipinski definition) is 1. The van der Waals surface area contributed by atoms with E-state index >= 15 is 0 Å². The molecule has 2 aliphatic rings. The van der Waals surface area contributed by atoms with Gasteiger partial charge in [-0.15, -0.1) is 0 Å². The van der Waals surface area contributed by atoms with Crippen LogP contribution in [0.3, 0.4) is 0 Å². The Morgan fingerprint density at radius 3 is 2.50 bits per heavy atom. The van der Waals surface area contributed by atoms with Crippen LogP contribution < -0.4 is 5.32 Å².